The fourth-order valence-electron chi connectivity index (χ4n) is 4.00. The van der Waals surface area contributed by atoms with Crippen molar-refractivity contribution in [3.8, 4) is 22.8 Å². The van der Waals surface area contributed by atoms with Gasteiger partial charge in [-0.05, 0) is 50.2 Å². The normalized spacial score (nSPS) is 14.1. The van der Waals surface area contributed by atoms with Crippen molar-refractivity contribution in [2.24, 2.45) is 0 Å². The van der Waals surface area contributed by atoms with Crippen LogP contribution in [0.2, 0.25) is 0 Å². The van der Waals surface area contributed by atoms with Crippen molar-refractivity contribution in [1.29, 1.82) is 0 Å². The Balaban J connectivity index is 1.31. The Bertz CT molecular complexity index is 1210. The highest BCUT2D eigenvalue weighted by Gasteiger charge is 2.14. The predicted octanol–water partition coefficient (Wildman–Crippen LogP) is 3.09. The Morgan fingerprint density at radius 2 is 1.84 bits per heavy atom. The Labute approximate surface area is 185 Å². The summed E-state index contributed by atoms with van der Waals surface area (Å²) in [5, 5.41) is 3.00. The lowest BCUT2D eigenvalue weighted by Crippen LogP contribution is -2.33. The van der Waals surface area contributed by atoms with E-state index in [-0.39, 0.29) is 5.91 Å². The summed E-state index contributed by atoms with van der Waals surface area (Å²) in [6, 6.07) is 15.1. The van der Waals surface area contributed by atoms with E-state index in [2.05, 4.69) is 30.2 Å². The number of imidazole rings is 1. The number of H-pyrrole nitrogens is 1. The van der Waals surface area contributed by atoms with Crippen molar-refractivity contribution >= 4 is 22.8 Å². The number of benzene rings is 2. The molecule has 1 aliphatic rings. The molecule has 0 aliphatic carbocycles. The molecule has 0 saturated carbocycles. The summed E-state index contributed by atoms with van der Waals surface area (Å²) in [6.07, 6.45) is 4.13. The Kier molecular flexibility index (Phi) is 5.51. The van der Waals surface area contributed by atoms with E-state index >= 15 is 0 Å². The van der Waals surface area contributed by atoms with E-state index in [0.717, 1.165) is 36.2 Å². The van der Waals surface area contributed by atoms with Crippen LogP contribution in [-0.2, 0) is 0 Å². The molecule has 8 heteroatoms. The first-order chi connectivity index (χ1) is 15.7. The molecule has 0 spiro atoms. The molecule has 32 heavy (non-hydrogen) atoms. The van der Waals surface area contributed by atoms with Gasteiger partial charge in [0.15, 0.2) is 11.6 Å². The average molecular weight is 428 g/mol. The number of nitrogen functional groups attached to an aromatic ring is 1. The summed E-state index contributed by atoms with van der Waals surface area (Å²) < 4.78 is 0. The average Bonchev–Trinajstić information content (AvgIpc) is 3.49. The Hall–Kier alpha value is -3.78. The number of nitrogens with zero attached hydrogens (tertiary/aromatic N) is 4. The van der Waals surface area contributed by atoms with Gasteiger partial charge in [-0.3, -0.25) is 4.79 Å². The number of rotatable bonds is 6. The molecule has 1 saturated heterocycles. The van der Waals surface area contributed by atoms with Crippen molar-refractivity contribution in [3.63, 3.8) is 0 Å². The van der Waals surface area contributed by atoms with Gasteiger partial charge < -0.3 is 20.9 Å². The minimum atomic E-state index is -0.0675. The zero-order chi connectivity index (χ0) is 21.9. The zero-order valence-corrected chi connectivity index (χ0v) is 17.7. The highest BCUT2D eigenvalue weighted by atomic mass is 16.1. The molecule has 1 amide bonds. The summed E-state index contributed by atoms with van der Waals surface area (Å²) in [4.78, 5) is 31.6. The number of hydrogen-bond donors (Lipinski definition) is 3. The third-order valence-corrected chi connectivity index (χ3v) is 5.77. The molecule has 0 unspecified atom stereocenters. The highest BCUT2D eigenvalue weighted by molar-refractivity contribution is 5.94. The van der Waals surface area contributed by atoms with Crippen LogP contribution >= 0.6 is 0 Å². The molecular formula is C24H25N7O. The van der Waals surface area contributed by atoms with Crippen LogP contribution in [0.25, 0.3) is 33.8 Å². The molecule has 162 valence electrons. The summed E-state index contributed by atoms with van der Waals surface area (Å²) in [7, 11) is 0. The number of carbonyl (C=O) groups excluding carboxylic acids is 1. The maximum Gasteiger partial charge on any atom is 0.251 e. The molecule has 4 aromatic rings. The SMILES string of the molecule is Nc1ncc(-c2ccc(C(=O)NCCN3CCCC3)cc2)nc1-c1nc2ccccc2[nH]1. The second-order valence-electron chi connectivity index (χ2n) is 7.97. The zero-order valence-electron chi connectivity index (χ0n) is 17.7. The molecule has 0 bridgehead atoms. The number of carbonyl (C=O) groups is 1. The molecule has 1 fully saturated rings. The van der Waals surface area contributed by atoms with Crippen molar-refractivity contribution < 1.29 is 4.79 Å². The molecular weight excluding hydrogens is 402 g/mol. The molecule has 8 nitrogen and oxygen atoms in total. The van der Waals surface area contributed by atoms with Crippen LogP contribution in [0.4, 0.5) is 5.82 Å². The minimum Gasteiger partial charge on any atom is -0.382 e. The van der Waals surface area contributed by atoms with Crippen molar-refractivity contribution in [2.75, 3.05) is 31.9 Å². The number of nitrogens with two attached hydrogens (primary N) is 1. The van der Waals surface area contributed by atoms with Crippen LogP contribution in [0.1, 0.15) is 23.2 Å². The maximum absolute atomic E-state index is 12.4. The maximum atomic E-state index is 12.4. The van der Waals surface area contributed by atoms with Gasteiger partial charge in [0.05, 0.1) is 22.9 Å². The summed E-state index contributed by atoms with van der Waals surface area (Å²) in [5.41, 5.74) is 10.5. The van der Waals surface area contributed by atoms with Gasteiger partial charge in [-0.1, -0.05) is 24.3 Å². The van der Waals surface area contributed by atoms with E-state index in [1.165, 1.54) is 12.8 Å². The number of nitrogens with one attached hydrogen (secondary N) is 2. The molecule has 3 heterocycles. The van der Waals surface area contributed by atoms with E-state index in [0.29, 0.717) is 35.1 Å². The van der Waals surface area contributed by atoms with Crippen LogP contribution in [0.3, 0.4) is 0 Å². The number of para-hydroxylation sites is 2. The number of amides is 1. The second kappa shape index (κ2) is 8.76. The van der Waals surface area contributed by atoms with Gasteiger partial charge in [-0.25, -0.2) is 15.0 Å². The predicted molar refractivity (Wildman–Crippen MR) is 125 cm³/mol. The standard InChI is InChI=1S/C24H25N7O/c25-22-21(23-29-18-5-1-2-6-19(18)30-23)28-20(15-27-22)16-7-9-17(10-8-16)24(32)26-11-14-31-12-3-4-13-31/h1-2,5-10,15H,3-4,11-14H2,(H2,25,27)(H,26,32)(H,29,30). The molecule has 2 aromatic heterocycles. The summed E-state index contributed by atoms with van der Waals surface area (Å²) in [5.74, 6) is 0.816. The largest absolute Gasteiger partial charge is 0.382 e. The molecule has 1 aliphatic heterocycles. The van der Waals surface area contributed by atoms with Crippen LogP contribution in [0.5, 0.6) is 0 Å². The van der Waals surface area contributed by atoms with Gasteiger partial charge in [0.2, 0.25) is 0 Å². The number of anilines is 1. The van der Waals surface area contributed by atoms with E-state index < -0.39 is 0 Å². The number of aromatic nitrogens is 4. The van der Waals surface area contributed by atoms with Gasteiger partial charge in [-0.15, -0.1) is 0 Å². The van der Waals surface area contributed by atoms with Crippen molar-refractivity contribution in [2.45, 2.75) is 12.8 Å². The number of likely N-dealkylation sites (tertiary alicyclic amines) is 1. The van der Waals surface area contributed by atoms with Gasteiger partial charge >= 0.3 is 0 Å². The van der Waals surface area contributed by atoms with E-state index in [9.17, 15) is 4.79 Å². The van der Waals surface area contributed by atoms with Crippen LogP contribution in [0.15, 0.2) is 54.7 Å². The molecule has 2 aromatic carbocycles. The Morgan fingerprint density at radius 3 is 2.62 bits per heavy atom. The highest BCUT2D eigenvalue weighted by Crippen LogP contribution is 2.26. The third kappa shape index (κ3) is 4.17. The van der Waals surface area contributed by atoms with Gasteiger partial charge in [0.1, 0.15) is 5.69 Å². The quantitative estimate of drug-likeness (QED) is 0.436. The lowest BCUT2D eigenvalue weighted by atomic mass is 10.1. The monoisotopic (exact) mass is 427 g/mol. The second-order valence-corrected chi connectivity index (χ2v) is 7.97. The summed E-state index contributed by atoms with van der Waals surface area (Å²) in [6.45, 7) is 3.81. The molecule has 0 atom stereocenters. The fraction of sp³-hybridized carbons (Fsp3) is 0.250. The van der Waals surface area contributed by atoms with Gasteiger partial charge in [0.25, 0.3) is 5.91 Å². The smallest absolute Gasteiger partial charge is 0.251 e. The first-order valence-electron chi connectivity index (χ1n) is 10.9. The van der Waals surface area contributed by atoms with Crippen LogP contribution < -0.4 is 11.1 Å². The lowest BCUT2D eigenvalue weighted by molar-refractivity contribution is 0.0950. The van der Waals surface area contributed by atoms with E-state index in [1.807, 2.05) is 36.4 Å². The summed E-state index contributed by atoms with van der Waals surface area (Å²) >= 11 is 0. The first-order valence-corrected chi connectivity index (χ1v) is 10.9. The first kappa shape index (κ1) is 20.1. The topological polar surface area (TPSA) is 113 Å². The fourth-order valence-corrected chi connectivity index (χ4v) is 4.00. The number of fused-ring (bicyclic) bond motifs is 1. The Morgan fingerprint density at radius 1 is 1.06 bits per heavy atom. The number of hydrogen-bond acceptors (Lipinski definition) is 6. The lowest BCUT2D eigenvalue weighted by Gasteiger charge is -2.14. The van der Waals surface area contributed by atoms with E-state index in [4.69, 9.17) is 5.73 Å². The van der Waals surface area contributed by atoms with Gasteiger partial charge in [0, 0.05) is 24.2 Å². The van der Waals surface area contributed by atoms with Crippen LogP contribution in [0, 0.1) is 0 Å². The molecule has 4 N–H and O–H groups in total. The minimum absolute atomic E-state index is 0.0675. The molecule has 0 radical (unpaired) electrons. The number of aromatic amines is 1. The van der Waals surface area contributed by atoms with E-state index in [1.54, 1.807) is 18.3 Å². The van der Waals surface area contributed by atoms with Gasteiger partial charge in [-0.2, -0.15) is 0 Å². The van der Waals surface area contributed by atoms with Crippen molar-refractivity contribution in [1.82, 2.24) is 30.2 Å². The molecule has 5 rings (SSSR count). The third-order valence-electron chi connectivity index (χ3n) is 5.77. The van der Waals surface area contributed by atoms with Crippen LogP contribution in [-0.4, -0.2) is 56.9 Å². The van der Waals surface area contributed by atoms with Crippen molar-refractivity contribution in [3.05, 3.63) is 60.3 Å².